The second-order valence-corrected chi connectivity index (χ2v) is 4.62. The van der Waals surface area contributed by atoms with Gasteiger partial charge in [-0.15, -0.1) is 0 Å². The minimum Gasteiger partial charge on any atom is -0.399 e. The van der Waals surface area contributed by atoms with Gasteiger partial charge in [-0.05, 0) is 42.7 Å². The topological polar surface area (TPSA) is 55.1 Å². The molecule has 19 heavy (non-hydrogen) atoms. The van der Waals surface area contributed by atoms with Crippen LogP contribution in [0.2, 0.25) is 0 Å². The molecule has 2 rings (SSSR count). The molecule has 0 aliphatic heterocycles. The monoisotopic (exact) mass is 254 g/mol. The van der Waals surface area contributed by atoms with Gasteiger partial charge < -0.3 is 11.1 Å². The highest BCUT2D eigenvalue weighted by atomic mass is 16.1. The van der Waals surface area contributed by atoms with E-state index < -0.39 is 0 Å². The third kappa shape index (κ3) is 3.85. The highest BCUT2D eigenvalue weighted by Gasteiger charge is 2.06. The van der Waals surface area contributed by atoms with E-state index in [1.807, 2.05) is 37.3 Å². The summed E-state index contributed by atoms with van der Waals surface area (Å²) in [6, 6.07) is 15.5. The summed E-state index contributed by atoms with van der Waals surface area (Å²) < 4.78 is 0. The van der Waals surface area contributed by atoms with Crippen LogP contribution in [0.5, 0.6) is 0 Å². The summed E-state index contributed by atoms with van der Waals surface area (Å²) >= 11 is 0. The number of amides is 1. The Labute approximate surface area is 113 Å². The molecule has 98 valence electrons. The Morgan fingerprint density at radius 3 is 2.58 bits per heavy atom. The van der Waals surface area contributed by atoms with Gasteiger partial charge in [0, 0.05) is 17.8 Å². The maximum absolute atomic E-state index is 12.0. The van der Waals surface area contributed by atoms with Gasteiger partial charge in [-0.3, -0.25) is 4.79 Å². The van der Waals surface area contributed by atoms with E-state index in [1.54, 1.807) is 6.07 Å². The summed E-state index contributed by atoms with van der Waals surface area (Å²) in [5.74, 6) is -0.0775. The quantitative estimate of drug-likeness (QED) is 0.824. The van der Waals surface area contributed by atoms with E-state index in [4.69, 9.17) is 5.73 Å². The molecule has 0 spiro atoms. The molecule has 0 radical (unpaired) electrons. The second-order valence-electron chi connectivity index (χ2n) is 4.62. The van der Waals surface area contributed by atoms with E-state index in [9.17, 15) is 4.79 Å². The molecule has 2 aromatic rings. The lowest BCUT2D eigenvalue weighted by Crippen LogP contribution is -2.25. The maximum Gasteiger partial charge on any atom is 0.251 e. The third-order valence-corrected chi connectivity index (χ3v) is 2.90. The highest BCUT2D eigenvalue weighted by Crippen LogP contribution is 2.11. The predicted octanol–water partition coefficient (Wildman–Crippen LogP) is 2.55. The molecule has 3 heteroatoms. The number of carbonyl (C=O) groups excluding carboxylic acids is 1. The van der Waals surface area contributed by atoms with Gasteiger partial charge in [0.2, 0.25) is 0 Å². The molecule has 3 N–H and O–H groups in total. The van der Waals surface area contributed by atoms with Crippen LogP contribution in [-0.2, 0) is 6.42 Å². The van der Waals surface area contributed by atoms with Crippen molar-refractivity contribution in [3.05, 3.63) is 65.2 Å². The van der Waals surface area contributed by atoms with E-state index >= 15 is 0 Å². The minimum absolute atomic E-state index is 0.0775. The SMILES string of the molecule is Cc1cc(N)cc(C(=O)NCCc2ccccc2)c1. The fraction of sp³-hybridized carbons (Fsp3) is 0.188. The summed E-state index contributed by atoms with van der Waals surface area (Å²) in [7, 11) is 0. The Hall–Kier alpha value is -2.29. The van der Waals surface area contributed by atoms with Gasteiger partial charge in [-0.1, -0.05) is 30.3 Å². The van der Waals surface area contributed by atoms with E-state index in [0.717, 1.165) is 12.0 Å². The van der Waals surface area contributed by atoms with Crippen LogP contribution in [0.15, 0.2) is 48.5 Å². The Morgan fingerprint density at radius 1 is 1.16 bits per heavy atom. The number of aryl methyl sites for hydroxylation is 1. The fourth-order valence-corrected chi connectivity index (χ4v) is 2.01. The van der Waals surface area contributed by atoms with Crippen LogP contribution in [0.3, 0.4) is 0 Å². The van der Waals surface area contributed by atoms with Crippen molar-refractivity contribution < 1.29 is 4.79 Å². The number of carbonyl (C=O) groups is 1. The zero-order valence-corrected chi connectivity index (χ0v) is 11.0. The average Bonchev–Trinajstić information content (AvgIpc) is 2.38. The summed E-state index contributed by atoms with van der Waals surface area (Å²) in [4.78, 5) is 12.0. The normalized spacial score (nSPS) is 10.2. The number of benzene rings is 2. The molecule has 3 nitrogen and oxygen atoms in total. The van der Waals surface area contributed by atoms with Crippen molar-refractivity contribution in [1.82, 2.24) is 5.32 Å². The van der Waals surface area contributed by atoms with Gasteiger partial charge in [0.15, 0.2) is 0 Å². The molecule has 0 fully saturated rings. The zero-order valence-electron chi connectivity index (χ0n) is 11.0. The Bertz CT molecular complexity index is 544. The molecule has 1 amide bonds. The van der Waals surface area contributed by atoms with Crippen LogP contribution < -0.4 is 11.1 Å². The van der Waals surface area contributed by atoms with Crippen LogP contribution in [0, 0.1) is 6.92 Å². The van der Waals surface area contributed by atoms with Crippen LogP contribution >= 0.6 is 0 Å². The molecular formula is C16H18N2O. The summed E-state index contributed by atoms with van der Waals surface area (Å²) in [5.41, 5.74) is 9.18. The lowest BCUT2D eigenvalue weighted by Gasteiger charge is -2.07. The number of rotatable bonds is 4. The molecule has 0 aliphatic rings. The van der Waals surface area contributed by atoms with E-state index in [2.05, 4.69) is 17.4 Å². The van der Waals surface area contributed by atoms with Crippen molar-refractivity contribution in [2.24, 2.45) is 0 Å². The number of nitrogen functional groups attached to an aromatic ring is 1. The lowest BCUT2D eigenvalue weighted by molar-refractivity contribution is 0.0954. The fourth-order valence-electron chi connectivity index (χ4n) is 2.01. The highest BCUT2D eigenvalue weighted by molar-refractivity contribution is 5.95. The number of nitrogens with two attached hydrogens (primary N) is 1. The first-order chi connectivity index (χ1) is 9.15. The Balaban J connectivity index is 1.91. The summed E-state index contributed by atoms with van der Waals surface area (Å²) in [5, 5.41) is 2.91. The van der Waals surface area contributed by atoms with Crippen molar-refractivity contribution in [3.8, 4) is 0 Å². The number of nitrogens with one attached hydrogen (secondary N) is 1. The van der Waals surface area contributed by atoms with Crippen LogP contribution in [-0.4, -0.2) is 12.5 Å². The second kappa shape index (κ2) is 6.05. The molecule has 0 aliphatic carbocycles. The predicted molar refractivity (Wildman–Crippen MR) is 78.1 cm³/mol. The van der Waals surface area contributed by atoms with Crippen LogP contribution in [0.1, 0.15) is 21.5 Å². The maximum atomic E-state index is 12.0. The molecule has 0 atom stereocenters. The van der Waals surface area contributed by atoms with Gasteiger partial charge in [0.1, 0.15) is 0 Å². The van der Waals surface area contributed by atoms with E-state index in [0.29, 0.717) is 17.8 Å². The molecule has 0 unspecified atom stereocenters. The summed E-state index contributed by atoms with van der Waals surface area (Å²) in [6.07, 6.45) is 0.827. The minimum atomic E-state index is -0.0775. The molecule has 0 bridgehead atoms. The molecular weight excluding hydrogens is 236 g/mol. The molecule has 2 aromatic carbocycles. The van der Waals surface area contributed by atoms with Crippen molar-refractivity contribution >= 4 is 11.6 Å². The average molecular weight is 254 g/mol. The van der Waals surface area contributed by atoms with Gasteiger partial charge in [0.05, 0.1) is 0 Å². The molecule has 0 saturated carbocycles. The van der Waals surface area contributed by atoms with Gasteiger partial charge in [-0.25, -0.2) is 0 Å². The van der Waals surface area contributed by atoms with Gasteiger partial charge >= 0.3 is 0 Å². The van der Waals surface area contributed by atoms with Crippen molar-refractivity contribution in [1.29, 1.82) is 0 Å². The Kier molecular flexibility index (Phi) is 4.18. The van der Waals surface area contributed by atoms with Crippen LogP contribution in [0.25, 0.3) is 0 Å². The smallest absolute Gasteiger partial charge is 0.251 e. The zero-order chi connectivity index (χ0) is 13.7. The van der Waals surface area contributed by atoms with Crippen molar-refractivity contribution in [3.63, 3.8) is 0 Å². The van der Waals surface area contributed by atoms with Crippen molar-refractivity contribution in [2.75, 3.05) is 12.3 Å². The van der Waals surface area contributed by atoms with Gasteiger partial charge in [-0.2, -0.15) is 0 Å². The third-order valence-electron chi connectivity index (χ3n) is 2.90. The van der Waals surface area contributed by atoms with Gasteiger partial charge in [0.25, 0.3) is 5.91 Å². The first kappa shape index (κ1) is 13.1. The van der Waals surface area contributed by atoms with Crippen molar-refractivity contribution in [2.45, 2.75) is 13.3 Å². The number of hydrogen-bond acceptors (Lipinski definition) is 2. The van der Waals surface area contributed by atoms with Crippen LogP contribution in [0.4, 0.5) is 5.69 Å². The molecule has 0 saturated heterocycles. The first-order valence-electron chi connectivity index (χ1n) is 6.34. The first-order valence-corrected chi connectivity index (χ1v) is 6.34. The molecule has 0 aromatic heterocycles. The van der Waals surface area contributed by atoms with E-state index in [1.165, 1.54) is 5.56 Å². The summed E-state index contributed by atoms with van der Waals surface area (Å²) in [6.45, 7) is 2.55. The lowest BCUT2D eigenvalue weighted by atomic mass is 10.1. The number of anilines is 1. The molecule has 0 heterocycles. The van der Waals surface area contributed by atoms with E-state index in [-0.39, 0.29) is 5.91 Å². The largest absolute Gasteiger partial charge is 0.399 e. The number of hydrogen-bond donors (Lipinski definition) is 2. The Morgan fingerprint density at radius 2 is 1.89 bits per heavy atom. The standard InChI is InChI=1S/C16H18N2O/c1-12-9-14(11-15(17)10-12)16(19)18-8-7-13-5-3-2-4-6-13/h2-6,9-11H,7-8,17H2,1H3,(H,18,19).